The molecule has 1 saturated heterocycles. The molecule has 25 heavy (non-hydrogen) atoms. The summed E-state index contributed by atoms with van der Waals surface area (Å²) >= 11 is 0. The molecule has 0 aromatic heterocycles. The van der Waals surface area contributed by atoms with Crippen LogP contribution in [0.5, 0.6) is 0 Å². The van der Waals surface area contributed by atoms with Crippen LogP contribution >= 0.6 is 0 Å². The predicted molar refractivity (Wildman–Crippen MR) is 101 cm³/mol. The summed E-state index contributed by atoms with van der Waals surface area (Å²) < 4.78 is 11.5. The Morgan fingerprint density at radius 3 is 2.72 bits per heavy atom. The van der Waals surface area contributed by atoms with E-state index < -0.39 is 0 Å². The van der Waals surface area contributed by atoms with Crippen LogP contribution in [0.15, 0.2) is 47.9 Å². The molecular formula is C21H29NO3. The average molecular weight is 343 g/mol. The Kier molecular flexibility index (Phi) is 8.26. The van der Waals surface area contributed by atoms with Crippen molar-refractivity contribution in [1.82, 2.24) is 5.32 Å². The monoisotopic (exact) mass is 343 g/mol. The highest BCUT2D eigenvalue weighted by Crippen LogP contribution is 2.14. The molecule has 2 rings (SSSR count). The molecule has 1 heterocycles. The first-order valence-corrected chi connectivity index (χ1v) is 9.05. The van der Waals surface area contributed by atoms with Crippen LogP contribution in [0.2, 0.25) is 0 Å². The lowest BCUT2D eigenvalue weighted by Gasteiger charge is -2.22. The summed E-state index contributed by atoms with van der Waals surface area (Å²) in [6, 6.07) is 7.73. The van der Waals surface area contributed by atoms with Gasteiger partial charge in [0.05, 0.1) is 11.9 Å². The number of carbonyl (C=O) groups is 1. The third-order valence-corrected chi connectivity index (χ3v) is 4.41. The van der Waals surface area contributed by atoms with Gasteiger partial charge in [0.2, 0.25) is 0 Å². The van der Waals surface area contributed by atoms with Gasteiger partial charge in [-0.25, -0.2) is 0 Å². The van der Waals surface area contributed by atoms with E-state index in [4.69, 9.17) is 9.47 Å². The molecule has 0 bridgehead atoms. The standard InChI is InChI=1S/C21H29NO3/c1-17(25-16-21-5-3-4-14-24-21)6-12-20(22-2)13-11-18-7-9-19(15-23)10-8-18/h6-10,12,15,21-22H,3-5,11,13-14,16H2,1-2H3/b17-6+,20-12-. The van der Waals surface area contributed by atoms with Crippen LogP contribution in [-0.2, 0) is 15.9 Å². The summed E-state index contributed by atoms with van der Waals surface area (Å²) in [4.78, 5) is 10.7. The molecule has 0 amide bonds. The molecule has 1 fully saturated rings. The average Bonchev–Trinajstić information content (AvgIpc) is 2.67. The fourth-order valence-electron chi connectivity index (χ4n) is 2.76. The molecule has 0 aliphatic carbocycles. The maximum absolute atomic E-state index is 10.7. The number of aldehydes is 1. The number of benzene rings is 1. The number of allylic oxidation sites excluding steroid dienone is 4. The normalized spacial score (nSPS) is 18.7. The Hall–Kier alpha value is -2.07. The fourth-order valence-corrected chi connectivity index (χ4v) is 2.76. The number of ether oxygens (including phenoxy) is 2. The van der Waals surface area contributed by atoms with E-state index in [1.165, 1.54) is 12.0 Å². The lowest BCUT2D eigenvalue weighted by molar-refractivity contribution is -0.0255. The summed E-state index contributed by atoms with van der Waals surface area (Å²) in [6.45, 7) is 3.47. The minimum Gasteiger partial charge on any atom is -0.496 e. The summed E-state index contributed by atoms with van der Waals surface area (Å²) in [5, 5.41) is 3.24. The highest BCUT2D eigenvalue weighted by atomic mass is 16.5. The largest absolute Gasteiger partial charge is 0.496 e. The van der Waals surface area contributed by atoms with Crippen molar-refractivity contribution in [3.8, 4) is 0 Å². The summed E-state index contributed by atoms with van der Waals surface area (Å²) in [6.07, 6.45) is 10.5. The molecule has 1 atom stereocenters. The van der Waals surface area contributed by atoms with Gasteiger partial charge in [-0.15, -0.1) is 0 Å². The van der Waals surface area contributed by atoms with E-state index in [0.29, 0.717) is 12.2 Å². The van der Waals surface area contributed by atoms with E-state index in [2.05, 4.69) is 11.4 Å². The van der Waals surface area contributed by atoms with Gasteiger partial charge in [-0.05, 0) is 56.7 Å². The second-order valence-corrected chi connectivity index (χ2v) is 6.38. The number of hydrogen-bond acceptors (Lipinski definition) is 4. The Morgan fingerprint density at radius 2 is 2.08 bits per heavy atom. The third kappa shape index (κ3) is 7.14. The van der Waals surface area contributed by atoms with E-state index in [9.17, 15) is 4.79 Å². The van der Waals surface area contributed by atoms with E-state index in [0.717, 1.165) is 50.0 Å². The number of aryl methyl sites for hydroxylation is 1. The van der Waals surface area contributed by atoms with Crippen LogP contribution in [0.1, 0.15) is 48.5 Å². The lowest BCUT2D eigenvalue weighted by Crippen LogP contribution is -2.23. The van der Waals surface area contributed by atoms with Crippen molar-refractivity contribution in [2.75, 3.05) is 20.3 Å². The van der Waals surface area contributed by atoms with Gasteiger partial charge in [0.25, 0.3) is 0 Å². The van der Waals surface area contributed by atoms with Crippen LogP contribution in [-0.4, -0.2) is 32.7 Å². The minimum atomic E-state index is 0.235. The smallest absolute Gasteiger partial charge is 0.150 e. The third-order valence-electron chi connectivity index (χ3n) is 4.41. The van der Waals surface area contributed by atoms with E-state index in [1.807, 2.05) is 44.3 Å². The molecule has 1 aromatic carbocycles. The van der Waals surface area contributed by atoms with Gasteiger partial charge in [0.1, 0.15) is 12.9 Å². The summed E-state index contributed by atoms with van der Waals surface area (Å²) in [5.74, 6) is 0.900. The second kappa shape index (κ2) is 10.7. The fraction of sp³-hybridized carbons (Fsp3) is 0.476. The predicted octanol–water partition coefficient (Wildman–Crippen LogP) is 4.02. The zero-order valence-corrected chi connectivity index (χ0v) is 15.3. The van der Waals surface area contributed by atoms with Crippen molar-refractivity contribution in [3.63, 3.8) is 0 Å². The van der Waals surface area contributed by atoms with Crippen LogP contribution in [0, 0.1) is 0 Å². The molecule has 136 valence electrons. The molecule has 1 aliphatic rings. The quantitative estimate of drug-likeness (QED) is 0.418. The summed E-state index contributed by atoms with van der Waals surface area (Å²) in [5.41, 5.74) is 3.08. The minimum absolute atomic E-state index is 0.235. The Morgan fingerprint density at radius 1 is 1.28 bits per heavy atom. The van der Waals surface area contributed by atoms with Gasteiger partial charge in [-0.1, -0.05) is 24.3 Å². The van der Waals surface area contributed by atoms with E-state index in [1.54, 1.807) is 0 Å². The zero-order valence-electron chi connectivity index (χ0n) is 15.3. The van der Waals surface area contributed by atoms with E-state index >= 15 is 0 Å². The number of hydrogen-bond donors (Lipinski definition) is 1. The molecular weight excluding hydrogens is 314 g/mol. The van der Waals surface area contributed by atoms with Crippen molar-refractivity contribution >= 4 is 6.29 Å². The van der Waals surface area contributed by atoms with Gasteiger partial charge < -0.3 is 14.8 Å². The van der Waals surface area contributed by atoms with Crippen LogP contribution in [0.4, 0.5) is 0 Å². The van der Waals surface area contributed by atoms with Crippen molar-refractivity contribution < 1.29 is 14.3 Å². The van der Waals surface area contributed by atoms with Crippen molar-refractivity contribution in [2.24, 2.45) is 0 Å². The first kappa shape index (κ1) is 19.3. The lowest BCUT2D eigenvalue weighted by atomic mass is 10.1. The van der Waals surface area contributed by atoms with Crippen molar-refractivity contribution in [2.45, 2.75) is 45.1 Å². The van der Waals surface area contributed by atoms with Crippen molar-refractivity contribution in [3.05, 3.63) is 59.0 Å². The van der Waals surface area contributed by atoms with Gasteiger partial charge in [0, 0.05) is 24.9 Å². The first-order chi connectivity index (χ1) is 12.2. The highest BCUT2D eigenvalue weighted by Gasteiger charge is 2.13. The molecule has 4 heteroatoms. The Bertz CT molecular complexity index is 584. The van der Waals surface area contributed by atoms with E-state index in [-0.39, 0.29) is 6.10 Å². The second-order valence-electron chi connectivity index (χ2n) is 6.38. The molecule has 0 spiro atoms. The Balaban J connectivity index is 1.79. The molecule has 1 aliphatic heterocycles. The van der Waals surface area contributed by atoms with Crippen LogP contribution in [0.25, 0.3) is 0 Å². The SMILES string of the molecule is CN/C(=C\C=C(/C)OCC1CCCCO1)CCc1ccc(C=O)cc1. The molecule has 0 saturated carbocycles. The first-order valence-electron chi connectivity index (χ1n) is 9.05. The van der Waals surface area contributed by atoms with Gasteiger partial charge in [0.15, 0.2) is 0 Å². The van der Waals surface area contributed by atoms with Crippen molar-refractivity contribution in [1.29, 1.82) is 0 Å². The molecule has 1 aromatic rings. The van der Waals surface area contributed by atoms with Gasteiger partial charge >= 0.3 is 0 Å². The topological polar surface area (TPSA) is 47.6 Å². The van der Waals surface area contributed by atoms with Gasteiger partial charge in [-0.3, -0.25) is 4.79 Å². The maximum atomic E-state index is 10.7. The summed E-state index contributed by atoms with van der Waals surface area (Å²) in [7, 11) is 1.93. The number of rotatable bonds is 9. The zero-order chi connectivity index (χ0) is 17.9. The molecule has 4 nitrogen and oxygen atoms in total. The number of carbonyl (C=O) groups excluding carboxylic acids is 1. The van der Waals surface area contributed by atoms with Gasteiger partial charge in [-0.2, -0.15) is 0 Å². The Labute approximate surface area is 150 Å². The maximum Gasteiger partial charge on any atom is 0.150 e. The molecule has 1 unspecified atom stereocenters. The highest BCUT2D eigenvalue weighted by molar-refractivity contribution is 5.74. The molecule has 0 radical (unpaired) electrons. The van der Waals surface area contributed by atoms with Crippen LogP contribution in [0.3, 0.4) is 0 Å². The number of nitrogens with one attached hydrogen (secondary N) is 1. The van der Waals surface area contributed by atoms with Crippen LogP contribution < -0.4 is 5.32 Å². The molecule has 1 N–H and O–H groups in total.